The largest absolute Gasteiger partial charge is 0.350 e. The molecule has 0 saturated carbocycles. The van der Waals surface area contributed by atoms with Gasteiger partial charge in [-0.25, -0.2) is 4.90 Å². The number of carbonyl (C=O) groups excluding carboxylic acids is 2. The second kappa shape index (κ2) is 7.46. The lowest BCUT2D eigenvalue weighted by atomic mass is 9.98. The second-order valence-electron chi connectivity index (χ2n) is 9.12. The number of fused-ring (bicyclic) bond motifs is 4. The monoisotopic (exact) mass is 438 g/mol. The molecule has 166 valence electrons. The summed E-state index contributed by atoms with van der Waals surface area (Å²) < 4.78 is 4.29. The van der Waals surface area contributed by atoms with E-state index in [0.29, 0.717) is 18.0 Å². The zero-order valence-corrected chi connectivity index (χ0v) is 18.6. The van der Waals surface area contributed by atoms with Crippen molar-refractivity contribution in [1.82, 2.24) is 9.13 Å². The van der Waals surface area contributed by atoms with E-state index in [0.717, 1.165) is 64.6 Å². The summed E-state index contributed by atoms with van der Waals surface area (Å²) in [6.07, 6.45) is 6.29. The standard InChI is InChI=1S/C27H26N4O2/c1-29-16-21(18-8-2-4-10-22(18)29)20-14-25(32)31(27(20)33)26-19-9-3-5-11-23(19)30-12-6-7-17(15-28)13-24(26)30/h2-5,8-11,14,16-17H,6-7,12-13,15,28H2,1H3. The summed E-state index contributed by atoms with van der Waals surface area (Å²) in [6, 6.07) is 16.0. The van der Waals surface area contributed by atoms with Crippen LogP contribution in [0, 0.1) is 5.92 Å². The van der Waals surface area contributed by atoms with Gasteiger partial charge in [0.25, 0.3) is 11.8 Å². The van der Waals surface area contributed by atoms with Gasteiger partial charge in [0.2, 0.25) is 0 Å². The molecule has 2 amide bonds. The molecule has 2 aromatic heterocycles. The average Bonchev–Trinajstić information content (AvgIpc) is 3.35. The number of anilines is 1. The van der Waals surface area contributed by atoms with E-state index in [1.54, 1.807) is 0 Å². The molecule has 0 bridgehead atoms. The molecule has 2 aromatic carbocycles. The molecule has 6 nitrogen and oxygen atoms in total. The molecule has 2 aliphatic heterocycles. The van der Waals surface area contributed by atoms with Crippen LogP contribution in [-0.4, -0.2) is 27.5 Å². The minimum atomic E-state index is -0.282. The van der Waals surface area contributed by atoms with Gasteiger partial charge in [-0.05, 0) is 43.9 Å². The van der Waals surface area contributed by atoms with Crippen LogP contribution in [0.2, 0.25) is 0 Å². The van der Waals surface area contributed by atoms with Crippen molar-refractivity contribution >= 4 is 44.9 Å². The van der Waals surface area contributed by atoms with Crippen molar-refractivity contribution in [2.75, 3.05) is 11.4 Å². The molecule has 0 fully saturated rings. The fraction of sp³-hybridized carbons (Fsp3) is 0.259. The van der Waals surface area contributed by atoms with Gasteiger partial charge in [0.1, 0.15) is 0 Å². The Bertz CT molecular complexity index is 1470. The molecule has 0 spiro atoms. The molecular formula is C27H26N4O2. The molecule has 4 aromatic rings. The van der Waals surface area contributed by atoms with Crippen molar-refractivity contribution in [3.05, 3.63) is 72.1 Å². The van der Waals surface area contributed by atoms with Crippen LogP contribution in [0.3, 0.4) is 0 Å². The molecule has 0 aliphatic carbocycles. The number of nitrogens with two attached hydrogens (primary N) is 1. The third-order valence-electron chi connectivity index (χ3n) is 7.19. The number of amides is 2. The van der Waals surface area contributed by atoms with Gasteiger partial charge in [0.05, 0.1) is 16.8 Å². The number of hydrogen-bond donors (Lipinski definition) is 1. The number of aromatic nitrogens is 2. The Morgan fingerprint density at radius 2 is 1.73 bits per heavy atom. The maximum atomic E-state index is 13.8. The van der Waals surface area contributed by atoms with E-state index in [2.05, 4.69) is 10.6 Å². The number of nitrogens with zero attached hydrogens (tertiary/aromatic N) is 3. The van der Waals surface area contributed by atoms with E-state index in [-0.39, 0.29) is 11.8 Å². The smallest absolute Gasteiger partial charge is 0.266 e. The Hall–Kier alpha value is -3.64. The molecular weight excluding hydrogens is 412 g/mol. The van der Waals surface area contributed by atoms with Crippen molar-refractivity contribution in [2.45, 2.75) is 25.8 Å². The first kappa shape index (κ1) is 20.0. The molecule has 6 rings (SSSR count). The summed E-state index contributed by atoms with van der Waals surface area (Å²) in [5.74, 6) is -0.202. The Balaban J connectivity index is 1.52. The summed E-state index contributed by atoms with van der Waals surface area (Å²) in [6.45, 7) is 1.47. The maximum absolute atomic E-state index is 13.8. The van der Waals surface area contributed by atoms with E-state index < -0.39 is 0 Å². The van der Waals surface area contributed by atoms with Crippen LogP contribution in [0.15, 0.2) is 60.8 Å². The normalized spacial score (nSPS) is 18.8. The van der Waals surface area contributed by atoms with E-state index in [1.165, 1.54) is 11.0 Å². The van der Waals surface area contributed by atoms with Crippen LogP contribution < -0.4 is 10.6 Å². The highest BCUT2D eigenvalue weighted by atomic mass is 16.2. The number of aryl methyl sites for hydroxylation is 2. The number of benzene rings is 2. The Kier molecular flexibility index (Phi) is 4.52. The molecule has 2 aliphatic rings. The number of carbonyl (C=O) groups is 2. The predicted molar refractivity (Wildman–Crippen MR) is 131 cm³/mol. The molecule has 6 heteroatoms. The fourth-order valence-corrected chi connectivity index (χ4v) is 5.60. The van der Waals surface area contributed by atoms with Gasteiger partial charge in [-0.3, -0.25) is 9.59 Å². The lowest BCUT2D eigenvalue weighted by Gasteiger charge is -2.19. The predicted octanol–water partition coefficient (Wildman–Crippen LogP) is 4.00. The maximum Gasteiger partial charge on any atom is 0.266 e. The third kappa shape index (κ3) is 2.91. The molecule has 2 N–H and O–H groups in total. The Labute approximate surface area is 191 Å². The summed E-state index contributed by atoms with van der Waals surface area (Å²) >= 11 is 0. The van der Waals surface area contributed by atoms with Crippen LogP contribution in [0.1, 0.15) is 24.1 Å². The second-order valence-corrected chi connectivity index (χ2v) is 9.12. The SMILES string of the molecule is Cn1cc(C2=CC(=O)N(c3c4n(c5ccccc35)CCCC(CN)C4)C2=O)c2ccccc21. The lowest BCUT2D eigenvalue weighted by molar-refractivity contribution is -0.119. The highest BCUT2D eigenvalue weighted by Gasteiger charge is 2.38. The van der Waals surface area contributed by atoms with Crippen molar-refractivity contribution in [3.8, 4) is 0 Å². The lowest BCUT2D eigenvalue weighted by Crippen LogP contribution is -2.32. The number of rotatable bonds is 3. The first-order chi connectivity index (χ1) is 16.1. The molecule has 1 unspecified atom stereocenters. The van der Waals surface area contributed by atoms with E-state index in [4.69, 9.17) is 5.73 Å². The minimum Gasteiger partial charge on any atom is -0.350 e. The van der Waals surface area contributed by atoms with Gasteiger partial charge in [-0.1, -0.05) is 36.4 Å². The fourth-order valence-electron chi connectivity index (χ4n) is 5.60. The van der Waals surface area contributed by atoms with Crippen LogP contribution in [0.25, 0.3) is 27.4 Å². The van der Waals surface area contributed by atoms with Gasteiger partial charge in [-0.15, -0.1) is 0 Å². The molecule has 1 atom stereocenters. The van der Waals surface area contributed by atoms with Crippen LogP contribution in [-0.2, 0) is 29.6 Å². The first-order valence-electron chi connectivity index (χ1n) is 11.5. The molecule has 0 radical (unpaired) electrons. The van der Waals surface area contributed by atoms with Crippen molar-refractivity contribution in [1.29, 1.82) is 0 Å². The van der Waals surface area contributed by atoms with Gasteiger partial charge < -0.3 is 14.9 Å². The summed E-state index contributed by atoms with van der Waals surface area (Å²) in [7, 11) is 1.96. The Morgan fingerprint density at radius 1 is 1.00 bits per heavy atom. The zero-order chi connectivity index (χ0) is 22.7. The number of para-hydroxylation sites is 2. The van der Waals surface area contributed by atoms with Gasteiger partial charge >= 0.3 is 0 Å². The molecule has 0 saturated heterocycles. The van der Waals surface area contributed by atoms with Crippen molar-refractivity contribution in [3.63, 3.8) is 0 Å². The van der Waals surface area contributed by atoms with Gasteiger partial charge in [0.15, 0.2) is 0 Å². The van der Waals surface area contributed by atoms with Crippen LogP contribution in [0.5, 0.6) is 0 Å². The Morgan fingerprint density at radius 3 is 2.52 bits per heavy atom. The first-order valence-corrected chi connectivity index (χ1v) is 11.5. The quantitative estimate of drug-likeness (QED) is 0.492. The summed E-state index contributed by atoms with van der Waals surface area (Å²) in [4.78, 5) is 28.6. The van der Waals surface area contributed by atoms with Crippen LogP contribution in [0.4, 0.5) is 5.69 Å². The van der Waals surface area contributed by atoms with Gasteiger partial charge in [-0.2, -0.15) is 0 Å². The van der Waals surface area contributed by atoms with E-state index in [1.807, 2.05) is 60.3 Å². The van der Waals surface area contributed by atoms with Crippen molar-refractivity contribution < 1.29 is 9.59 Å². The molecule has 4 heterocycles. The number of hydrogen-bond acceptors (Lipinski definition) is 3. The number of imide groups is 1. The third-order valence-corrected chi connectivity index (χ3v) is 7.19. The summed E-state index contributed by atoms with van der Waals surface area (Å²) in [5, 5.41) is 1.91. The van der Waals surface area contributed by atoms with E-state index in [9.17, 15) is 9.59 Å². The zero-order valence-electron chi connectivity index (χ0n) is 18.6. The van der Waals surface area contributed by atoms with Crippen LogP contribution >= 0.6 is 0 Å². The van der Waals surface area contributed by atoms with E-state index >= 15 is 0 Å². The highest BCUT2D eigenvalue weighted by molar-refractivity contribution is 6.45. The highest BCUT2D eigenvalue weighted by Crippen LogP contribution is 2.41. The minimum absolute atomic E-state index is 0.260. The molecule has 33 heavy (non-hydrogen) atoms. The summed E-state index contributed by atoms with van der Waals surface area (Å²) in [5.41, 5.74) is 11.2. The van der Waals surface area contributed by atoms with Gasteiger partial charge in [0, 0.05) is 53.4 Å². The van der Waals surface area contributed by atoms with Crippen molar-refractivity contribution in [2.24, 2.45) is 18.7 Å². The average molecular weight is 439 g/mol. The topological polar surface area (TPSA) is 73.3 Å².